The Morgan fingerprint density at radius 1 is 1.29 bits per heavy atom. The predicted octanol–water partition coefficient (Wildman–Crippen LogP) is 3.24. The van der Waals surface area contributed by atoms with Gasteiger partial charge in [-0.1, -0.05) is 19.3 Å². The van der Waals surface area contributed by atoms with Crippen molar-refractivity contribution in [2.24, 2.45) is 0 Å². The number of aromatic carboxylic acids is 1. The normalized spacial score (nSPS) is 16.2. The molecule has 0 aromatic carbocycles. The Morgan fingerprint density at radius 2 is 2.05 bits per heavy atom. The third kappa shape index (κ3) is 2.86. The number of carboxylic acids is 1. The molecule has 5 nitrogen and oxygen atoms in total. The van der Waals surface area contributed by atoms with E-state index in [1.54, 1.807) is 4.57 Å². The fourth-order valence-corrected chi connectivity index (χ4v) is 3.19. The molecule has 0 atom stereocenters. The number of carboxylic acid groups (broad SMARTS) is 1. The van der Waals surface area contributed by atoms with Crippen molar-refractivity contribution < 1.29 is 9.90 Å². The molecule has 2 aromatic heterocycles. The van der Waals surface area contributed by atoms with Crippen LogP contribution in [0.4, 0.5) is 0 Å². The predicted molar refractivity (Wildman–Crippen MR) is 79.6 cm³/mol. The highest BCUT2D eigenvalue weighted by atomic mass is 16.4. The van der Waals surface area contributed by atoms with Gasteiger partial charge in [0.25, 0.3) is 0 Å². The molecular formula is C16H21N3O2. The number of nitrogens with zero attached hydrogens (tertiary/aromatic N) is 3. The number of hydrogen-bond acceptors (Lipinski definition) is 2. The molecule has 2 aromatic rings. The fourth-order valence-electron chi connectivity index (χ4n) is 3.19. The van der Waals surface area contributed by atoms with Crippen LogP contribution in [0.25, 0.3) is 0 Å². The van der Waals surface area contributed by atoms with Crippen LogP contribution in [0.2, 0.25) is 0 Å². The van der Waals surface area contributed by atoms with E-state index in [2.05, 4.69) is 9.78 Å². The van der Waals surface area contributed by atoms with E-state index < -0.39 is 5.97 Å². The van der Waals surface area contributed by atoms with Gasteiger partial charge in [-0.25, -0.2) is 4.79 Å². The Labute approximate surface area is 124 Å². The smallest absolute Gasteiger partial charge is 0.352 e. The lowest BCUT2D eigenvalue weighted by molar-refractivity contribution is 0.0685. The molecule has 1 aliphatic carbocycles. The summed E-state index contributed by atoms with van der Waals surface area (Å²) in [5.74, 6) is -0.885. The molecule has 1 N–H and O–H groups in total. The van der Waals surface area contributed by atoms with Crippen molar-refractivity contribution >= 4 is 5.97 Å². The summed E-state index contributed by atoms with van der Waals surface area (Å²) in [7, 11) is 0. The van der Waals surface area contributed by atoms with E-state index in [4.69, 9.17) is 0 Å². The van der Waals surface area contributed by atoms with Crippen LogP contribution in [0.3, 0.4) is 0 Å². The minimum Gasteiger partial charge on any atom is -0.477 e. The molecule has 21 heavy (non-hydrogen) atoms. The maximum atomic E-state index is 11.3. The van der Waals surface area contributed by atoms with E-state index in [0.29, 0.717) is 18.3 Å². The average molecular weight is 287 g/mol. The average Bonchev–Trinajstić information content (AvgIpc) is 3.07. The summed E-state index contributed by atoms with van der Waals surface area (Å²) in [4.78, 5) is 11.3. The second-order valence-electron chi connectivity index (χ2n) is 5.86. The van der Waals surface area contributed by atoms with Crippen molar-refractivity contribution in [1.82, 2.24) is 14.3 Å². The van der Waals surface area contributed by atoms with Gasteiger partial charge in [-0.15, -0.1) is 0 Å². The summed E-state index contributed by atoms with van der Waals surface area (Å²) in [6.07, 6.45) is 10.1. The highest BCUT2D eigenvalue weighted by Crippen LogP contribution is 2.27. The zero-order valence-electron chi connectivity index (χ0n) is 12.3. The van der Waals surface area contributed by atoms with Crippen LogP contribution in [-0.4, -0.2) is 25.4 Å². The van der Waals surface area contributed by atoms with Gasteiger partial charge in [-0.3, -0.25) is 4.68 Å². The fraction of sp³-hybridized carbons (Fsp3) is 0.500. The van der Waals surface area contributed by atoms with E-state index in [1.165, 1.54) is 32.1 Å². The molecule has 0 amide bonds. The van der Waals surface area contributed by atoms with Crippen LogP contribution >= 0.6 is 0 Å². The van der Waals surface area contributed by atoms with Crippen LogP contribution < -0.4 is 0 Å². The Hall–Kier alpha value is -2.04. The maximum Gasteiger partial charge on any atom is 0.352 e. The van der Waals surface area contributed by atoms with Crippen molar-refractivity contribution in [2.45, 2.75) is 51.6 Å². The molecule has 0 bridgehead atoms. The quantitative estimate of drug-likeness (QED) is 0.939. The third-order valence-electron chi connectivity index (χ3n) is 4.31. The highest BCUT2D eigenvalue weighted by Gasteiger charge is 2.17. The summed E-state index contributed by atoms with van der Waals surface area (Å²) >= 11 is 0. The topological polar surface area (TPSA) is 60.0 Å². The van der Waals surface area contributed by atoms with Crippen LogP contribution in [-0.2, 0) is 6.54 Å². The molecule has 112 valence electrons. The maximum absolute atomic E-state index is 11.3. The molecule has 3 rings (SSSR count). The number of hydrogen-bond donors (Lipinski definition) is 1. The van der Waals surface area contributed by atoms with Crippen molar-refractivity contribution in [3.05, 3.63) is 41.5 Å². The van der Waals surface area contributed by atoms with Gasteiger partial charge in [0.05, 0.1) is 18.3 Å². The van der Waals surface area contributed by atoms with Crippen molar-refractivity contribution in [3.8, 4) is 0 Å². The van der Waals surface area contributed by atoms with Crippen molar-refractivity contribution in [1.29, 1.82) is 0 Å². The van der Waals surface area contributed by atoms with Crippen LogP contribution in [0.5, 0.6) is 0 Å². The van der Waals surface area contributed by atoms with Crippen LogP contribution in [0.15, 0.2) is 24.5 Å². The summed E-state index contributed by atoms with van der Waals surface area (Å²) in [6, 6.07) is 4.34. The summed E-state index contributed by atoms with van der Waals surface area (Å²) in [5.41, 5.74) is 2.05. The molecule has 1 saturated carbocycles. The van der Waals surface area contributed by atoms with Gasteiger partial charge in [0.1, 0.15) is 5.69 Å². The number of aryl methyl sites for hydroxylation is 1. The van der Waals surface area contributed by atoms with Gasteiger partial charge in [-0.05, 0) is 37.5 Å². The molecule has 0 saturated heterocycles. The monoisotopic (exact) mass is 287 g/mol. The molecule has 0 aliphatic heterocycles. The van der Waals surface area contributed by atoms with E-state index in [0.717, 1.165) is 11.3 Å². The molecule has 0 unspecified atom stereocenters. The van der Waals surface area contributed by atoms with E-state index in [1.807, 2.05) is 31.5 Å². The minimum absolute atomic E-state index is 0.349. The first-order chi connectivity index (χ1) is 10.1. The summed E-state index contributed by atoms with van der Waals surface area (Å²) < 4.78 is 3.82. The minimum atomic E-state index is -0.885. The Kier molecular flexibility index (Phi) is 3.82. The second-order valence-corrected chi connectivity index (χ2v) is 5.86. The number of aromatic nitrogens is 3. The number of rotatable bonds is 4. The third-order valence-corrected chi connectivity index (χ3v) is 4.31. The Morgan fingerprint density at radius 3 is 2.76 bits per heavy atom. The first-order valence-corrected chi connectivity index (χ1v) is 7.58. The SMILES string of the molecule is Cc1ccn(Cc2ccn(C3CCCCC3)n2)c1C(=O)O. The zero-order chi connectivity index (χ0) is 14.8. The van der Waals surface area contributed by atoms with Gasteiger partial charge in [0, 0.05) is 12.4 Å². The number of carbonyl (C=O) groups is 1. The van der Waals surface area contributed by atoms with Gasteiger partial charge < -0.3 is 9.67 Å². The lowest BCUT2D eigenvalue weighted by Gasteiger charge is -2.21. The standard InChI is InChI=1S/C16H21N3O2/c1-12-7-9-18(15(12)16(20)21)11-13-8-10-19(17-13)14-5-3-2-4-6-14/h7-10,14H,2-6,11H2,1H3,(H,20,21). The van der Waals surface area contributed by atoms with Crippen molar-refractivity contribution in [2.75, 3.05) is 0 Å². The molecule has 2 heterocycles. The summed E-state index contributed by atoms with van der Waals surface area (Å²) in [5, 5.41) is 13.9. The molecule has 1 aliphatic rings. The molecular weight excluding hydrogens is 266 g/mol. The second kappa shape index (κ2) is 5.76. The first-order valence-electron chi connectivity index (χ1n) is 7.58. The Balaban J connectivity index is 1.77. The van der Waals surface area contributed by atoms with E-state index >= 15 is 0 Å². The van der Waals surface area contributed by atoms with Gasteiger partial charge >= 0.3 is 5.97 Å². The van der Waals surface area contributed by atoms with E-state index in [-0.39, 0.29) is 0 Å². The molecule has 0 radical (unpaired) electrons. The zero-order valence-corrected chi connectivity index (χ0v) is 12.3. The van der Waals surface area contributed by atoms with Crippen LogP contribution in [0, 0.1) is 6.92 Å². The van der Waals surface area contributed by atoms with E-state index in [9.17, 15) is 9.90 Å². The molecule has 1 fully saturated rings. The van der Waals surface area contributed by atoms with Gasteiger partial charge in [0.15, 0.2) is 0 Å². The summed E-state index contributed by atoms with van der Waals surface area (Å²) in [6.45, 7) is 2.33. The van der Waals surface area contributed by atoms with Gasteiger partial charge in [0.2, 0.25) is 0 Å². The molecule has 0 spiro atoms. The lowest BCUT2D eigenvalue weighted by Crippen LogP contribution is -2.14. The lowest BCUT2D eigenvalue weighted by atomic mass is 9.96. The first kappa shape index (κ1) is 13.9. The Bertz CT molecular complexity index is 636. The van der Waals surface area contributed by atoms with Gasteiger partial charge in [-0.2, -0.15) is 5.10 Å². The molecule has 5 heteroatoms. The van der Waals surface area contributed by atoms with Crippen LogP contribution in [0.1, 0.15) is 59.9 Å². The largest absolute Gasteiger partial charge is 0.477 e. The highest BCUT2D eigenvalue weighted by molar-refractivity contribution is 5.87. The van der Waals surface area contributed by atoms with Crippen molar-refractivity contribution in [3.63, 3.8) is 0 Å².